The van der Waals surface area contributed by atoms with Gasteiger partial charge in [0.15, 0.2) is 0 Å². The summed E-state index contributed by atoms with van der Waals surface area (Å²) in [6.45, 7) is 5.23. The van der Waals surface area contributed by atoms with Gasteiger partial charge in [-0.3, -0.25) is 4.79 Å². The van der Waals surface area contributed by atoms with Crippen LogP contribution in [-0.4, -0.2) is 37.0 Å². The third-order valence-electron chi connectivity index (χ3n) is 3.19. The van der Waals surface area contributed by atoms with Crippen molar-refractivity contribution in [3.05, 3.63) is 27.7 Å². The number of rotatable bonds is 2. The van der Waals surface area contributed by atoms with Crippen molar-refractivity contribution in [2.75, 3.05) is 31.1 Å². The van der Waals surface area contributed by atoms with E-state index in [-0.39, 0.29) is 5.91 Å². The van der Waals surface area contributed by atoms with Crippen LogP contribution in [0.1, 0.15) is 13.3 Å². The van der Waals surface area contributed by atoms with Crippen molar-refractivity contribution in [2.45, 2.75) is 13.3 Å². The van der Waals surface area contributed by atoms with Gasteiger partial charge in [-0.05, 0) is 34.1 Å². The minimum Gasteiger partial charge on any atom is -0.367 e. The molecule has 0 radical (unpaired) electrons. The summed E-state index contributed by atoms with van der Waals surface area (Å²) in [4.78, 5) is 15.8. The number of carbonyl (C=O) groups excluding carboxylic acids is 1. The molecule has 98 valence electrons. The van der Waals surface area contributed by atoms with Crippen LogP contribution in [0.2, 0.25) is 5.02 Å². The van der Waals surface area contributed by atoms with Gasteiger partial charge in [0, 0.05) is 42.1 Å². The Morgan fingerprint density at radius 3 is 2.56 bits per heavy atom. The van der Waals surface area contributed by atoms with Gasteiger partial charge in [-0.2, -0.15) is 0 Å². The molecule has 0 atom stereocenters. The van der Waals surface area contributed by atoms with Gasteiger partial charge in [0.25, 0.3) is 0 Å². The van der Waals surface area contributed by atoms with Crippen molar-refractivity contribution in [1.29, 1.82) is 0 Å². The molecule has 0 spiro atoms. The minimum absolute atomic E-state index is 0.241. The third-order valence-corrected chi connectivity index (χ3v) is 4.06. The normalized spacial score (nSPS) is 15.9. The molecule has 1 heterocycles. The summed E-state index contributed by atoms with van der Waals surface area (Å²) in [6, 6.07) is 5.81. The first-order valence-corrected chi connectivity index (χ1v) is 7.26. The highest BCUT2D eigenvalue weighted by molar-refractivity contribution is 9.10. The van der Waals surface area contributed by atoms with Crippen LogP contribution in [0.25, 0.3) is 0 Å². The smallest absolute Gasteiger partial charge is 0.222 e. The van der Waals surface area contributed by atoms with Crippen LogP contribution >= 0.6 is 27.5 Å². The third kappa shape index (κ3) is 2.98. The Bertz CT molecular complexity index is 445. The quantitative estimate of drug-likeness (QED) is 0.831. The van der Waals surface area contributed by atoms with E-state index in [0.29, 0.717) is 6.42 Å². The van der Waals surface area contributed by atoms with Gasteiger partial charge in [-0.15, -0.1) is 0 Å². The van der Waals surface area contributed by atoms with Crippen molar-refractivity contribution < 1.29 is 4.79 Å². The number of nitrogens with zero attached hydrogens (tertiary/aromatic N) is 2. The van der Waals surface area contributed by atoms with Crippen molar-refractivity contribution in [1.82, 2.24) is 4.90 Å². The first-order chi connectivity index (χ1) is 8.61. The maximum Gasteiger partial charge on any atom is 0.222 e. The topological polar surface area (TPSA) is 23.6 Å². The molecule has 5 heteroatoms. The Labute approximate surface area is 121 Å². The predicted molar refractivity (Wildman–Crippen MR) is 78.2 cm³/mol. The summed E-state index contributed by atoms with van der Waals surface area (Å²) in [7, 11) is 0. The van der Waals surface area contributed by atoms with E-state index < -0.39 is 0 Å². The van der Waals surface area contributed by atoms with Crippen LogP contribution in [-0.2, 0) is 4.79 Å². The van der Waals surface area contributed by atoms with E-state index in [9.17, 15) is 4.79 Å². The van der Waals surface area contributed by atoms with Crippen molar-refractivity contribution in [3.8, 4) is 0 Å². The van der Waals surface area contributed by atoms with E-state index in [2.05, 4.69) is 20.8 Å². The number of anilines is 1. The van der Waals surface area contributed by atoms with Crippen molar-refractivity contribution >= 4 is 39.1 Å². The fourth-order valence-corrected chi connectivity index (χ4v) is 3.09. The lowest BCUT2D eigenvalue weighted by atomic mass is 10.2. The van der Waals surface area contributed by atoms with Gasteiger partial charge in [0.05, 0.1) is 5.69 Å². The lowest BCUT2D eigenvalue weighted by Crippen LogP contribution is -2.48. The van der Waals surface area contributed by atoms with Gasteiger partial charge < -0.3 is 9.80 Å². The molecular formula is C13H16BrClN2O. The number of piperazine rings is 1. The monoisotopic (exact) mass is 330 g/mol. The lowest BCUT2D eigenvalue weighted by molar-refractivity contribution is -0.131. The second-order valence-corrected chi connectivity index (χ2v) is 5.61. The number of hydrogen-bond acceptors (Lipinski definition) is 2. The van der Waals surface area contributed by atoms with E-state index in [4.69, 9.17) is 11.6 Å². The summed E-state index contributed by atoms with van der Waals surface area (Å²) in [6.07, 6.45) is 0.588. The summed E-state index contributed by atoms with van der Waals surface area (Å²) in [5.41, 5.74) is 1.14. The number of amides is 1. The van der Waals surface area contributed by atoms with E-state index >= 15 is 0 Å². The first kappa shape index (κ1) is 13.7. The average Bonchev–Trinajstić information content (AvgIpc) is 2.38. The van der Waals surface area contributed by atoms with Gasteiger partial charge >= 0.3 is 0 Å². The maximum absolute atomic E-state index is 11.6. The van der Waals surface area contributed by atoms with Crippen molar-refractivity contribution in [3.63, 3.8) is 0 Å². The largest absolute Gasteiger partial charge is 0.367 e. The molecular weight excluding hydrogens is 316 g/mol. The van der Waals surface area contributed by atoms with Crippen LogP contribution in [0.5, 0.6) is 0 Å². The van der Waals surface area contributed by atoms with Crippen LogP contribution in [0.3, 0.4) is 0 Å². The highest BCUT2D eigenvalue weighted by atomic mass is 79.9. The van der Waals surface area contributed by atoms with Crippen LogP contribution in [0, 0.1) is 0 Å². The van der Waals surface area contributed by atoms with Gasteiger partial charge in [0.1, 0.15) is 0 Å². The molecule has 0 N–H and O–H groups in total. The molecule has 1 amide bonds. The summed E-state index contributed by atoms with van der Waals surface area (Å²) in [5, 5.41) is 0.727. The lowest BCUT2D eigenvalue weighted by Gasteiger charge is -2.36. The summed E-state index contributed by atoms with van der Waals surface area (Å²) < 4.78 is 1.00. The second-order valence-electron chi connectivity index (χ2n) is 4.32. The second kappa shape index (κ2) is 5.93. The molecule has 1 saturated heterocycles. The van der Waals surface area contributed by atoms with Crippen LogP contribution in [0.15, 0.2) is 22.7 Å². The average molecular weight is 332 g/mol. The number of hydrogen-bond donors (Lipinski definition) is 0. The van der Waals surface area contributed by atoms with E-state index in [1.807, 2.05) is 30.0 Å². The van der Waals surface area contributed by atoms with E-state index in [1.165, 1.54) is 0 Å². The number of halogens is 2. The van der Waals surface area contributed by atoms with E-state index in [1.54, 1.807) is 0 Å². The Morgan fingerprint density at radius 1 is 1.33 bits per heavy atom. The molecule has 0 aliphatic carbocycles. The highest BCUT2D eigenvalue weighted by Gasteiger charge is 2.21. The molecule has 2 rings (SSSR count). The number of benzene rings is 1. The fraction of sp³-hybridized carbons (Fsp3) is 0.462. The van der Waals surface area contributed by atoms with Crippen molar-refractivity contribution in [2.24, 2.45) is 0 Å². The molecule has 3 nitrogen and oxygen atoms in total. The summed E-state index contributed by atoms with van der Waals surface area (Å²) in [5.74, 6) is 0.241. The zero-order valence-electron chi connectivity index (χ0n) is 10.3. The molecule has 1 aromatic carbocycles. The highest BCUT2D eigenvalue weighted by Crippen LogP contribution is 2.29. The molecule has 0 unspecified atom stereocenters. The molecule has 18 heavy (non-hydrogen) atoms. The molecule has 0 aromatic heterocycles. The molecule has 1 aliphatic heterocycles. The first-order valence-electron chi connectivity index (χ1n) is 6.09. The van der Waals surface area contributed by atoms with Gasteiger partial charge in [-0.1, -0.05) is 18.5 Å². The summed E-state index contributed by atoms with van der Waals surface area (Å²) >= 11 is 9.47. The zero-order chi connectivity index (χ0) is 13.1. The van der Waals surface area contributed by atoms with Gasteiger partial charge in [-0.25, -0.2) is 0 Å². The van der Waals surface area contributed by atoms with E-state index in [0.717, 1.165) is 41.4 Å². The molecule has 1 fully saturated rings. The Hall–Kier alpha value is -0.740. The predicted octanol–water partition coefficient (Wildman–Crippen LogP) is 3.16. The number of carbonyl (C=O) groups is 1. The molecule has 1 aromatic rings. The molecule has 0 saturated carbocycles. The molecule has 1 aliphatic rings. The molecule has 0 bridgehead atoms. The standard InChI is InChI=1S/C13H16BrClN2O/c1-2-13(18)17-7-5-16(6-8-17)12-4-3-10(15)9-11(12)14/h3-4,9H,2,5-8H2,1H3. The van der Waals surface area contributed by atoms with Crippen LogP contribution in [0.4, 0.5) is 5.69 Å². The Balaban J connectivity index is 2.03. The SMILES string of the molecule is CCC(=O)N1CCN(c2ccc(Cl)cc2Br)CC1. The van der Waals surface area contributed by atoms with Gasteiger partial charge in [0.2, 0.25) is 5.91 Å². The van der Waals surface area contributed by atoms with Crippen LogP contribution < -0.4 is 4.90 Å². The zero-order valence-corrected chi connectivity index (χ0v) is 12.7. The fourth-order valence-electron chi connectivity index (χ4n) is 2.16. The Kier molecular flexibility index (Phi) is 4.51. The maximum atomic E-state index is 11.6. The minimum atomic E-state index is 0.241. The Morgan fingerprint density at radius 2 is 2.00 bits per heavy atom.